The minimum atomic E-state index is -4.58. The van der Waals surface area contributed by atoms with Crippen LogP contribution in [0.25, 0.3) is 0 Å². The first kappa shape index (κ1) is 79.5. The van der Waals surface area contributed by atoms with Gasteiger partial charge in [-0.3, -0.25) is 9.36 Å². The highest BCUT2D eigenvalue weighted by Crippen LogP contribution is 2.38. The summed E-state index contributed by atoms with van der Waals surface area (Å²) in [5, 5.41) is 14.1. The van der Waals surface area contributed by atoms with E-state index in [1.165, 1.54) is 334 Å². The van der Waals surface area contributed by atoms with Gasteiger partial charge in [-0.1, -0.05) is 380 Å². The van der Waals surface area contributed by atoms with Crippen molar-refractivity contribution in [2.75, 3.05) is 40.9 Å². The lowest BCUT2D eigenvalue weighted by Crippen LogP contribution is -2.46. The number of nitrogens with one attached hydrogen (secondary N) is 1. The predicted molar refractivity (Wildman–Crippen MR) is 349 cm³/mol. The molecule has 0 spiro atoms. The Balaban J connectivity index is 3.96. The Morgan fingerprint density at radius 3 is 0.850 bits per heavy atom. The van der Waals surface area contributed by atoms with Crippen LogP contribution in [0, 0.1) is 0 Å². The van der Waals surface area contributed by atoms with Crippen LogP contribution in [0.2, 0.25) is 0 Å². The largest absolute Gasteiger partial charge is 0.756 e. The number of carbonyl (C=O) groups excluding carboxylic acids is 1. The van der Waals surface area contributed by atoms with Gasteiger partial charge < -0.3 is 28.8 Å². The molecule has 0 aromatic rings. The third-order valence-electron chi connectivity index (χ3n) is 17.3. The summed E-state index contributed by atoms with van der Waals surface area (Å²) in [6.07, 6.45) is 79.1. The molecule has 0 aliphatic carbocycles. The molecule has 0 fully saturated rings. The van der Waals surface area contributed by atoms with Crippen LogP contribution in [-0.4, -0.2) is 68.5 Å². The van der Waals surface area contributed by atoms with Crippen LogP contribution in [0.4, 0.5) is 0 Å². The van der Waals surface area contributed by atoms with E-state index in [4.69, 9.17) is 9.05 Å². The van der Waals surface area contributed by atoms with Crippen molar-refractivity contribution in [1.29, 1.82) is 0 Å². The van der Waals surface area contributed by atoms with Gasteiger partial charge in [0.05, 0.1) is 39.9 Å². The van der Waals surface area contributed by atoms with Crippen molar-refractivity contribution >= 4 is 13.7 Å². The number of hydrogen-bond donors (Lipinski definition) is 2. The number of aliphatic hydroxyl groups is 1. The monoisotopic (exact) mass is 1150 g/mol. The number of aliphatic hydroxyl groups excluding tert-OH is 1. The van der Waals surface area contributed by atoms with Crippen LogP contribution < -0.4 is 10.2 Å². The molecular formula is C71H145N2O6P. The maximum absolute atomic E-state index is 13.1. The van der Waals surface area contributed by atoms with Crippen molar-refractivity contribution in [2.24, 2.45) is 0 Å². The zero-order valence-electron chi connectivity index (χ0n) is 55.1. The molecule has 0 saturated heterocycles. The Morgan fingerprint density at radius 1 is 0.388 bits per heavy atom. The second kappa shape index (κ2) is 63.0. The summed E-state index contributed by atoms with van der Waals surface area (Å²) in [6.45, 7) is 4.80. The molecule has 0 aromatic heterocycles. The Labute approximate surface area is 501 Å². The number of quaternary nitrogens is 1. The third-order valence-corrected chi connectivity index (χ3v) is 18.3. The number of phosphoric acid groups is 1. The van der Waals surface area contributed by atoms with E-state index < -0.39 is 20.0 Å². The summed E-state index contributed by atoms with van der Waals surface area (Å²) in [6, 6.07) is -0.797. The van der Waals surface area contributed by atoms with Gasteiger partial charge in [0.2, 0.25) is 5.91 Å². The topological polar surface area (TPSA) is 108 Å². The van der Waals surface area contributed by atoms with Crippen LogP contribution >= 0.6 is 7.82 Å². The Bertz CT molecular complexity index is 1260. The summed E-state index contributed by atoms with van der Waals surface area (Å²) >= 11 is 0. The van der Waals surface area contributed by atoms with Gasteiger partial charge in [0.1, 0.15) is 13.2 Å². The molecule has 3 unspecified atom stereocenters. The Kier molecular flexibility index (Phi) is 62.6. The first-order valence-electron chi connectivity index (χ1n) is 36.4. The van der Waals surface area contributed by atoms with Gasteiger partial charge in [-0.15, -0.1) is 0 Å². The lowest BCUT2D eigenvalue weighted by molar-refractivity contribution is -0.870. The van der Waals surface area contributed by atoms with Crippen LogP contribution in [0.3, 0.4) is 0 Å². The molecule has 0 bridgehead atoms. The fourth-order valence-electron chi connectivity index (χ4n) is 11.7. The molecule has 0 aliphatic heterocycles. The maximum Gasteiger partial charge on any atom is 0.268 e. The van der Waals surface area contributed by atoms with E-state index in [1.54, 1.807) is 0 Å². The van der Waals surface area contributed by atoms with Gasteiger partial charge in [-0.05, 0) is 12.8 Å². The van der Waals surface area contributed by atoms with Crippen LogP contribution in [0.15, 0.2) is 0 Å². The van der Waals surface area contributed by atoms with E-state index >= 15 is 0 Å². The molecule has 480 valence electrons. The van der Waals surface area contributed by atoms with Gasteiger partial charge in [0.15, 0.2) is 0 Å². The minimum Gasteiger partial charge on any atom is -0.756 e. The summed E-state index contributed by atoms with van der Waals surface area (Å²) in [4.78, 5) is 25.7. The highest BCUT2D eigenvalue weighted by Gasteiger charge is 2.24. The van der Waals surface area contributed by atoms with E-state index in [1.807, 2.05) is 21.1 Å². The number of unbranched alkanes of at least 4 members (excludes halogenated alkanes) is 56. The van der Waals surface area contributed by atoms with Gasteiger partial charge >= 0.3 is 0 Å². The maximum atomic E-state index is 13.1. The fourth-order valence-corrected chi connectivity index (χ4v) is 12.4. The molecule has 80 heavy (non-hydrogen) atoms. The number of hydrogen-bond acceptors (Lipinski definition) is 6. The van der Waals surface area contributed by atoms with Gasteiger partial charge in [0.25, 0.3) is 7.82 Å². The average Bonchev–Trinajstić information content (AvgIpc) is 3.42. The van der Waals surface area contributed by atoms with E-state index in [2.05, 4.69) is 19.2 Å². The smallest absolute Gasteiger partial charge is 0.268 e. The van der Waals surface area contributed by atoms with Gasteiger partial charge in [0, 0.05) is 6.42 Å². The van der Waals surface area contributed by atoms with Gasteiger partial charge in [-0.25, -0.2) is 0 Å². The lowest BCUT2D eigenvalue weighted by Gasteiger charge is -2.30. The SMILES string of the molecule is CCCCCCCCCCCCCCCCCCCCCCCCCCCCCCCCCC(=O)NC(COP(=O)([O-])OCC[N+](C)(C)C)C(O)CCCCCCCCCCCCCCCCCCCCCCCCCCCCC. The molecule has 8 nitrogen and oxygen atoms in total. The van der Waals surface area contributed by atoms with Crippen LogP contribution in [0.1, 0.15) is 399 Å². The zero-order chi connectivity index (χ0) is 58.4. The summed E-state index contributed by atoms with van der Waals surface area (Å²) in [5.41, 5.74) is 0. The highest BCUT2D eigenvalue weighted by atomic mass is 31.2. The van der Waals surface area contributed by atoms with Crippen molar-refractivity contribution in [3.8, 4) is 0 Å². The van der Waals surface area contributed by atoms with E-state index in [0.29, 0.717) is 23.9 Å². The highest BCUT2D eigenvalue weighted by molar-refractivity contribution is 7.45. The van der Waals surface area contributed by atoms with Crippen molar-refractivity contribution < 1.29 is 32.9 Å². The molecular weight excluding hydrogens is 1010 g/mol. The molecule has 0 heterocycles. The first-order valence-corrected chi connectivity index (χ1v) is 37.8. The molecule has 0 aromatic carbocycles. The number of likely N-dealkylation sites (N-methyl/N-ethyl adjacent to an activating group) is 1. The van der Waals surface area contributed by atoms with Crippen LogP contribution in [0.5, 0.6) is 0 Å². The lowest BCUT2D eigenvalue weighted by atomic mass is 10.0. The molecule has 9 heteroatoms. The second-order valence-corrected chi connectivity index (χ2v) is 28.1. The number of phosphoric ester groups is 1. The van der Waals surface area contributed by atoms with E-state index in [9.17, 15) is 19.4 Å². The predicted octanol–water partition coefficient (Wildman–Crippen LogP) is 22.5. The molecule has 0 saturated carbocycles. The summed E-state index contributed by atoms with van der Waals surface area (Å²) in [5.74, 6) is -0.153. The fraction of sp³-hybridized carbons (Fsp3) is 0.986. The van der Waals surface area contributed by atoms with Gasteiger partial charge in [-0.2, -0.15) is 0 Å². The molecule has 0 rings (SSSR count). The quantitative estimate of drug-likeness (QED) is 0.0357. The number of carbonyl (C=O) groups is 1. The Hall–Kier alpha value is -0.500. The van der Waals surface area contributed by atoms with Crippen molar-refractivity contribution in [3.05, 3.63) is 0 Å². The molecule has 1 amide bonds. The van der Waals surface area contributed by atoms with E-state index in [0.717, 1.165) is 38.5 Å². The summed E-state index contributed by atoms with van der Waals surface area (Å²) < 4.78 is 23.6. The van der Waals surface area contributed by atoms with Crippen molar-refractivity contribution in [2.45, 2.75) is 411 Å². The summed E-state index contributed by atoms with van der Waals surface area (Å²) in [7, 11) is 1.33. The average molecular weight is 1150 g/mol. The van der Waals surface area contributed by atoms with Crippen molar-refractivity contribution in [1.82, 2.24) is 5.32 Å². The standard InChI is InChI=1S/C71H145N2O6P/c1-6-8-10-12-14-16-18-20-22-24-26-28-30-32-34-35-36-37-39-41-43-45-47-49-51-53-55-57-59-61-63-65-71(75)72-69(68-79-80(76,77)78-67-66-73(3,4)5)70(74)64-62-60-58-56-54-52-50-48-46-44-42-40-38-33-31-29-27-25-23-21-19-17-15-13-11-9-7-2/h69-70,74H,6-68H2,1-5H3,(H-,72,75,76,77). The minimum absolute atomic E-state index is 0.0170. The normalized spacial score (nSPS) is 13.5. The number of amides is 1. The first-order chi connectivity index (χ1) is 39.0. The Morgan fingerprint density at radius 2 is 0.613 bits per heavy atom. The third kappa shape index (κ3) is 65.1. The number of rotatable bonds is 69. The molecule has 0 aliphatic rings. The number of nitrogens with zero attached hydrogens (tertiary/aromatic N) is 1. The molecule has 0 radical (unpaired) electrons. The van der Waals surface area contributed by atoms with E-state index in [-0.39, 0.29) is 19.1 Å². The molecule has 2 N–H and O–H groups in total. The zero-order valence-corrected chi connectivity index (χ0v) is 56.0. The molecule has 3 atom stereocenters. The second-order valence-electron chi connectivity index (χ2n) is 26.7. The van der Waals surface area contributed by atoms with Crippen molar-refractivity contribution in [3.63, 3.8) is 0 Å². The van der Waals surface area contributed by atoms with Crippen LogP contribution in [-0.2, 0) is 18.4 Å².